The van der Waals surface area contributed by atoms with Crippen LogP contribution in [0.4, 0.5) is 0 Å². The fourth-order valence-electron chi connectivity index (χ4n) is 4.62. The maximum Gasteiger partial charge on any atom is 0.0702 e. The van der Waals surface area contributed by atoms with Gasteiger partial charge in [0.05, 0.1) is 5.69 Å². The van der Waals surface area contributed by atoms with Gasteiger partial charge in [-0.1, -0.05) is 97.9 Å². The number of benzene rings is 5. The normalized spacial score (nSPS) is 11.2. The molecule has 0 aliphatic heterocycles. The summed E-state index contributed by atoms with van der Waals surface area (Å²) in [6, 6.07) is 41.5. The SMILES string of the molecule is CCc1ccc(-c2ccc3ccc(-c4ccc(-c5ccc6ccccc6c5)nc4)cc3c2)cc1. The van der Waals surface area contributed by atoms with Gasteiger partial charge in [0.25, 0.3) is 0 Å². The summed E-state index contributed by atoms with van der Waals surface area (Å²) in [5.41, 5.74) is 8.32. The highest BCUT2D eigenvalue weighted by molar-refractivity contribution is 5.91. The van der Waals surface area contributed by atoms with Gasteiger partial charge in [-0.05, 0) is 74.5 Å². The largest absolute Gasteiger partial charge is 0.256 e. The molecular formula is C33H25N. The van der Waals surface area contributed by atoms with Gasteiger partial charge >= 0.3 is 0 Å². The molecule has 1 heteroatoms. The predicted octanol–water partition coefficient (Wildman–Crippen LogP) is 8.95. The van der Waals surface area contributed by atoms with Gasteiger partial charge in [0.15, 0.2) is 0 Å². The van der Waals surface area contributed by atoms with Crippen molar-refractivity contribution in [2.45, 2.75) is 13.3 Å². The number of rotatable bonds is 4. The van der Waals surface area contributed by atoms with Crippen LogP contribution in [0.2, 0.25) is 0 Å². The fourth-order valence-corrected chi connectivity index (χ4v) is 4.62. The lowest BCUT2D eigenvalue weighted by atomic mass is 9.97. The molecule has 1 nitrogen and oxygen atoms in total. The molecule has 0 unspecified atom stereocenters. The van der Waals surface area contributed by atoms with E-state index in [4.69, 9.17) is 4.98 Å². The molecule has 34 heavy (non-hydrogen) atoms. The minimum Gasteiger partial charge on any atom is -0.256 e. The van der Waals surface area contributed by atoms with Crippen LogP contribution in [-0.4, -0.2) is 4.98 Å². The zero-order chi connectivity index (χ0) is 22.9. The van der Waals surface area contributed by atoms with E-state index in [2.05, 4.69) is 122 Å². The van der Waals surface area contributed by atoms with Gasteiger partial charge in [-0.15, -0.1) is 0 Å². The van der Waals surface area contributed by atoms with E-state index in [0.29, 0.717) is 0 Å². The maximum atomic E-state index is 4.79. The Morgan fingerprint density at radius 2 is 1.03 bits per heavy atom. The molecule has 6 rings (SSSR count). The zero-order valence-electron chi connectivity index (χ0n) is 19.2. The second-order valence-electron chi connectivity index (χ2n) is 8.82. The van der Waals surface area contributed by atoms with E-state index in [-0.39, 0.29) is 0 Å². The molecule has 1 heterocycles. The van der Waals surface area contributed by atoms with E-state index in [1.165, 1.54) is 43.8 Å². The first-order valence-electron chi connectivity index (χ1n) is 11.9. The Hall–Kier alpha value is -4.23. The number of hydrogen-bond acceptors (Lipinski definition) is 1. The molecule has 0 atom stereocenters. The van der Waals surface area contributed by atoms with Crippen molar-refractivity contribution in [2.24, 2.45) is 0 Å². The Labute approximate surface area is 200 Å². The lowest BCUT2D eigenvalue weighted by Gasteiger charge is -2.09. The van der Waals surface area contributed by atoms with Crippen LogP contribution in [0.25, 0.3) is 55.1 Å². The summed E-state index contributed by atoms with van der Waals surface area (Å²) in [7, 11) is 0. The lowest BCUT2D eigenvalue weighted by molar-refractivity contribution is 1.14. The summed E-state index contributed by atoms with van der Waals surface area (Å²) in [4.78, 5) is 4.79. The Bertz CT molecular complexity index is 1610. The summed E-state index contributed by atoms with van der Waals surface area (Å²) in [6.45, 7) is 2.19. The average molecular weight is 436 g/mol. The molecule has 0 aliphatic carbocycles. The second kappa shape index (κ2) is 8.61. The van der Waals surface area contributed by atoms with Gasteiger partial charge in [-0.3, -0.25) is 4.98 Å². The zero-order valence-corrected chi connectivity index (χ0v) is 19.2. The topological polar surface area (TPSA) is 12.9 Å². The third-order valence-electron chi connectivity index (χ3n) is 6.68. The molecule has 5 aromatic carbocycles. The van der Waals surface area contributed by atoms with Crippen LogP contribution in [0.3, 0.4) is 0 Å². The molecule has 0 radical (unpaired) electrons. The molecule has 0 aliphatic rings. The van der Waals surface area contributed by atoms with Crippen molar-refractivity contribution < 1.29 is 0 Å². The van der Waals surface area contributed by atoms with Crippen LogP contribution in [0.15, 0.2) is 121 Å². The summed E-state index contributed by atoms with van der Waals surface area (Å²) in [5.74, 6) is 0. The standard InChI is InChI=1S/C33H25N/c1-2-23-7-9-25(10-8-23)28-14-11-26-12-15-29(21-32(26)20-28)31-17-18-33(34-22-31)30-16-13-24-5-3-4-6-27(24)19-30/h3-22H,2H2,1H3. The molecule has 0 fully saturated rings. The third kappa shape index (κ3) is 3.86. The van der Waals surface area contributed by atoms with Gasteiger partial charge in [0.2, 0.25) is 0 Å². The van der Waals surface area contributed by atoms with E-state index in [1.807, 2.05) is 6.20 Å². The van der Waals surface area contributed by atoms with Crippen molar-refractivity contribution >= 4 is 21.5 Å². The molecule has 0 N–H and O–H groups in total. The molecular weight excluding hydrogens is 410 g/mol. The van der Waals surface area contributed by atoms with Crippen molar-refractivity contribution in [3.8, 4) is 33.5 Å². The molecule has 1 aromatic heterocycles. The fraction of sp³-hybridized carbons (Fsp3) is 0.0606. The summed E-state index contributed by atoms with van der Waals surface area (Å²) in [5, 5.41) is 4.98. The smallest absolute Gasteiger partial charge is 0.0702 e. The molecule has 0 spiro atoms. The van der Waals surface area contributed by atoms with Gasteiger partial charge in [-0.2, -0.15) is 0 Å². The monoisotopic (exact) mass is 435 g/mol. The highest BCUT2D eigenvalue weighted by Gasteiger charge is 2.06. The van der Waals surface area contributed by atoms with Crippen LogP contribution in [0.1, 0.15) is 12.5 Å². The molecule has 6 aromatic rings. The van der Waals surface area contributed by atoms with Crippen LogP contribution in [0.5, 0.6) is 0 Å². The Balaban J connectivity index is 1.32. The van der Waals surface area contributed by atoms with E-state index in [1.54, 1.807) is 0 Å². The van der Waals surface area contributed by atoms with Gasteiger partial charge < -0.3 is 0 Å². The van der Waals surface area contributed by atoms with Gasteiger partial charge in [-0.25, -0.2) is 0 Å². The van der Waals surface area contributed by atoms with Crippen LogP contribution >= 0.6 is 0 Å². The lowest BCUT2D eigenvalue weighted by Crippen LogP contribution is -1.86. The van der Waals surface area contributed by atoms with Crippen LogP contribution in [0, 0.1) is 0 Å². The van der Waals surface area contributed by atoms with Crippen LogP contribution < -0.4 is 0 Å². The molecule has 0 saturated carbocycles. The Kier molecular flexibility index (Phi) is 5.16. The van der Waals surface area contributed by atoms with Crippen molar-refractivity contribution in [1.82, 2.24) is 4.98 Å². The predicted molar refractivity (Wildman–Crippen MR) is 145 cm³/mol. The van der Waals surface area contributed by atoms with Crippen molar-refractivity contribution in [3.63, 3.8) is 0 Å². The van der Waals surface area contributed by atoms with E-state index in [9.17, 15) is 0 Å². The van der Waals surface area contributed by atoms with Gasteiger partial charge in [0, 0.05) is 17.3 Å². The van der Waals surface area contributed by atoms with Gasteiger partial charge in [0.1, 0.15) is 0 Å². The maximum absolute atomic E-state index is 4.79. The first-order valence-corrected chi connectivity index (χ1v) is 11.9. The number of aryl methyl sites for hydroxylation is 1. The number of pyridine rings is 1. The van der Waals surface area contributed by atoms with Crippen molar-refractivity contribution in [3.05, 3.63) is 127 Å². The van der Waals surface area contributed by atoms with Crippen molar-refractivity contribution in [2.75, 3.05) is 0 Å². The second-order valence-corrected chi connectivity index (χ2v) is 8.82. The quantitative estimate of drug-likeness (QED) is 0.269. The summed E-state index contributed by atoms with van der Waals surface area (Å²) < 4.78 is 0. The minimum absolute atomic E-state index is 0.994. The Morgan fingerprint density at radius 1 is 0.471 bits per heavy atom. The molecule has 0 amide bonds. The summed E-state index contributed by atoms with van der Waals surface area (Å²) >= 11 is 0. The average Bonchev–Trinajstić information content (AvgIpc) is 2.92. The number of aromatic nitrogens is 1. The number of hydrogen-bond donors (Lipinski definition) is 0. The van der Waals surface area contributed by atoms with E-state index >= 15 is 0 Å². The number of nitrogens with zero attached hydrogens (tertiary/aromatic N) is 1. The molecule has 0 saturated heterocycles. The van der Waals surface area contributed by atoms with E-state index < -0.39 is 0 Å². The highest BCUT2D eigenvalue weighted by Crippen LogP contribution is 2.30. The third-order valence-corrected chi connectivity index (χ3v) is 6.68. The van der Waals surface area contributed by atoms with Crippen molar-refractivity contribution in [1.29, 1.82) is 0 Å². The number of fused-ring (bicyclic) bond motifs is 2. The molecule has 0 bridgehead atoms. The van der Waals surface area contributed by atoms with Crippen LogP contribution in [-0.2, 0) is 6.42 Å². The van der Waals surface area contributed by atoms with E-state index in [0.717, 1.165) is 23.2 Å². The first-order chi connectivity index (χ1) is 16.8. The Morgan fingerprint density at radius 3 is 1.71 bits per heavy atom. The first kappa shape index (κ1) is 20.4. The minimum atomic E-state index is 0.994. The summed E-state index contributed by atoms with van der Waals surface area (Å²) in [6.07, 6.45) is 3.05. The highest BCUT2D eigenvalue weighted by atomic mass is 14.7. The molecule has 162 valence electrons.